The Morgan fingerprint density at radius 3 is 2.59 bits per heavy atom. The molecular formula is C21H22ClFN4O2. The van der Waals surface area contributed by atoms with Crippen molar-refractivity contribution in [2.24, 2.45) is 7.05 Å². The summed E-state index contributed by atoms with van der Waals surface area (Å²) in [6.07, 6.45) is 0.0360. The van der Waals surface area contributed by atoms with Crippen LogP contribution in [0.5, 0.6) is 0 Å². The Morgan fingerprint density at radius 1 is 1.21 bits per heavy atom. The number of aromatic nitrogens is 2. The second kappa shape index (κ2) is 9.17. The predicted octanol–water partition coefficient (Wildman–Crippen LogP) is 3.56. The summed E-state index contributed by atoms with van der Waals surface area (Å²) in [5.74, 6) is -0.567. The molecule has 1 saturated heterocycles. The highest BCUT2D eigenvalue weighted by molar-refractivity contribution is 6.03. The molecule has 2 heterocycles. The van der Waals surface area contributed by atoms with Crippen LogP contribution in [0.3, 0.4) is 0 Å². The molecule has 1 fully saturated rings. The van der Waals surface area contributed by atoms with E-state index in [0.29, 0.717) is 23.7 Å². The first-order valence-electron chi connectivity index (χ1n) is 9.14. The number of hydrogen-bond acceptors (Lipinski definition) is 4. The maximum absolute atomic E-state index is 13.1. The quantitative estimate of drug-likeness (QED) is 0.682. The fourth-order valence-electron chi connectivity index (χ4n) is 3.20. The number of rotatable bonds is 4. The number of nitrogens with zero attached hydrogens (tertiary/aromatic N) is 2. The highest BCUT2D eigenvalue weighted by atomic mass is 35.5. The van der Waals surface area contributed by atoms with Gasteiger partial charge >= 0.3 is 0 Å². The molecule has 6 nitrogen and oxygen atoms in total. The van der Waals surface area contributed by atoms with Crippen molar-refractivity contribution in [1.29, 1.82) is 0 Å². The number of ether oxygens (including phenoxy) is 1. The molecule has 8 heteroatoms. The predicted molar refractivity (Wildman–Crippen MR) is 112 cm³/mol. The van der Waals surface area contributed by atoms with Crippen LogP contribution in [-0.4, -0.2) is 35.4 Å². The maximum Gasteiger partial charge on any atom is 0.273 e. The van der Waals surface area contributed by atoms with Gasteiger partial charge in [-0.1, -0.05) is 12.1 Å². The molecule has 29 heavy (non-hydrogen) atoms. The second-order valence-electron chi connectivity index (χ2n) is 6.69. The first-order chi connectivity index (χ1) is 13.6. The van der Waals surface area contributed by atoms with Gasteiger partial charge in [0, 0.05) is 31.4 Å². The fraction of sp³-hybridized carbons (Fsp3) is 0.238. The van der Waals surface area contributed by atoms with Crippen LogP contribution in [0.4, 0.5) is 10.1 Å². The van der Waals surface area contributed by atoms with Crippen LogP contribution in [-0.2, 0) is 11.8 Å². The summed E-state index contributed by atoms with van der Waals surface area (Å²) in [5, 5.41) is 10.5. The number of anilines is 1. The van der Waals surface area contributed by atoms with Crippen molar-refractivity contribution in [3.63, 3.8) is 0 Å². The van der Waals surface area contributed by atoms with Crippen molar-refractivity contribution < 1.29 is 13.9 Å². The molecule has 0 bridgehead atoms. The minimum atomic E-state index is -0.310. The van der Waals surface area contributed by atoms with Gasteiger partial charge in [-0.3, -0.25) is 9.48 Å². The Kier molecular flexibility index (Phi) is 6.64. The van der Waals surface area contributed by atoms with Gasteiger partial charge in [-0.25, -0.2) is 4.39 Å². The van der Waals surface area contributed by atoms with Gasteiger partial charge in [-0.2, -0.15) is 5.10 Å². The van der Waals surface area contributed by atoms with Crippen LogP contribution in [0.1, 0.15) is 22.2 Å². The van der Waals surface area contributed by atoms with E-state index in [0.717, 1.165) is 24.2 Å². The van der Waals surface area contributed by atoms with Gasteiger partial charge in [0.2, 0.25) is 0 Å². The lowest BCUT2D eigenvalue weighted by molar-refractivity contribution is 0.0277. The van der Waals surface area contributed by atoms with Gasteiger partial charge < -0.3 is 15.4 Å². The number of hydrogen-bond donors (Lipinski definition) is 2. The molecule has 0 spiro atoms. The van der Waals surface area contributed by atoms with Crippen LogP contribution in [0.25, 0.3) is 11.3 Å². The number of benzene rings is 2. The average molecular weight is 417 g/mol. The van der Waals surface area contributed by atoms with E-state index in [-0.39, 0.29) is 30.2 Å². The minimum Gasteiger partial charge on any atom is -0.371 e. The van der Waals surface area contributed by atoms with Crippen molar-refractivity contribution in [1.82, 2.24) is 15.1 Å². The van der Waals surface area contributed by atoms with E-state index in [9.17, 15) is 9.18 Å². The number of nitrogens with one attached hydrogen (secondary N) is 2. The molecular weight excluding hydrogens is 395 g/mol. The molecule has 0 saturated carbocycles. The Hall–Kier alpha value is -2.74. The van der Waals surface area contributed by atoms with E-state index >= 15 is 0 Å². The lowest BCUT2D eigenvalue weighted by Crippen LogP contribution is -2.33. The van der Waals surface area contributed by atoms with E-state index in [1.807, 2.05) is 24.3 Å². The molecule has 0 radical (unpaired) electrons. The van der Waals surface area contributed by atoms with Gasteiger partial charge in [-0.15, -0.1) is 12.4 Å². The van der Waals surface area contributed by atoms with E-state index in [1.54, 1.807) is 25.2 Å². The molecule has 0 aliphatic carbocycles. The summed E-state index contributed by atoms with van der Waals surface area (Å²) in [6.45, 7) is 2.35. The topological polar surface area (TPSA) is 68.2 Å². The van der Waals surface area contributed by atoms with Gasteiger partial charge in [-0.05, 0) is 48.0 Å². The molecule has 1 unspecified atom stereocenters. The Morgan fingerprint density at radius 2 is 1.93 bits per heavy atom. The van der Waals surface area contributed by atoms with E-state index in [4.69, 9.17) is 4.74 Å². The fourth-order valence-corrected chi connectivity index (χ4v) is 3.20. The number of halogens is 2. The summed E-state index contributed by atoms with van der Waals surface area (Å²) < 4.78 is 20.4. The van der Waals surface area contributed by atoms with Crippen molar-refractivity contribution in [2.75, 3.05) is 25.0 Å². The first-order valence-corrected chi connectivity index (χ1v) is 9.14. The van der Waals surface area contributed by atoms with Gasteiger partial charge in [0.1, 0.15) is 11.5 Å². The van der Waals surface area contributed by atoms with Crippen LogP contribution < -0.4 is 10.6 Å². The molecule has 152 valence electrons. The van der Waals surface area contributed by atoms with Crippen LogP contribution in [0.15, 0.2) is 54.6 Å². The molecule has 1 atom stereocenters. The molecule has 1 aliphatic rings. The van der Waals surface area contributed by atoms with E-state index in [1.165, 1.54) is 16.8 Å². The smallest absolute Gasteiger partial charge is 0.273 e. The summed E-state index contributed by atoms with van der Waals surface area (Å²) in [5.41, 5.74) is 3.56. The van der Waals surface area contributed by atoms with Gasteiger partial charge in [0.25, 0.3) is 5.91 Å². The van der Waals surface area contributed by atoms with Crippen molar-refractivity contribution in [2.45, 2.75) is 6.10 Å². The zero-order valence-corrected chi connectivity index (χ0v) is 16.7. The number of aryl methyl sites for hydroxylation is 1. The third-order valence-corrected chi connectivity index (χ3v) is 4.72. The molecule has 1 amide bonds. The first kappa shape index (κ1) is 21.0. The third-order valence-electron chi connectivity index (χ3n) is 4.72. The van der Waals surface area contributed by atoms with Crippen LogP contribution >= 0.6 is 12.4 Å². The van der Waals surface area contributed by atoms with Gasteiger partial charge in [0.15, 0.2) is 0 Å². The van der Waals surface area contributed by atoms with E-state index in [2.05, 4.69) is 15.7 Å². The number of carbonyl (C=O) groups excluding carboxylic acids is 1. The second-order valence-corrected chi connectivity index (χ2v) is 6.69. The van der Waals surface area contributed by atoms with Crippen molar-refractivity contribution in [3.05, 3.63) is 71.7 Å². The lowest BCUT2D eigenvalue weighted by atomic mass is 10.1. The zero-order chi connectivity index (χ0) is 19.5. The Bertz CT molecular complexity index is 967. The summed E-state index contributed by atoms with van der Waals surface area (Å²) >= 11 is 0. The molecule has 4 rings (SSSR count). The highest BCUT2D eigenvalue weighted by Crippen LogP contribution is 2.22. The highest BCUT2D eigenvalue weighted by Gasteiger charge is 2.17. The van der Waals surface area contributed by atoms with Crippen molar-refractivity contribution >= 4 is 24.0 Å². The van der Waals surface area contributed by atoms with Crippen molar-refractivity contribution in [3.8, 4) is 11.3 Å². The SMILES string of the molecule is Cl.Cn1nc(-c2ccc(F)cc2)cc1C(=O)Nc1ccc(C2CNCCO2)cc1. The largest absolute Gasteiger partial charge is 0.371 e. The maximum atomic E-state index is 13.1. The number of amides is 1. The lowest BCUT2D eigenvalue weighted by Gasteiger charge is -2.24. The minimum absolute atomic E-state index is 0. The summed E-state index contributed by atoms with van der Waals surface area (Å²) in [7, 11) is 1.71. The number of carbonyl (C=O) groups is 1. The van der Waals surface area contributed by atoms with Crippen LogP contribution in [0, 0.1) is 5.82 Å². The number of morpholine rings is 1. The monoisotopic (exact) mass is 416 g/mol. The summed E-state index contributed by atoms with van der Waals surface area (Å²) in [4.78, 5) is 12.7. The third kappa shape index (κ3) is 4.82. The molecule has 2 aromatic carbocycles. The Labute approximate surface area is 174 Å². The van der Waals surface area contributed by atoms with E-state index < -0.39 is 0 Å². The molecule has 3 aromatic rings. The normalized spacial score (nSPS) is 16.1. The molecule has 1 aromatic heterocycles. The Balaban J connectivity index is 0.00000240. The standard InChI is InChI=1S/C21H21FN4O2.ClH/c1-26-19(12-18(25-26)14-2-6-16(22)7-3-14)21(27)24-17-8-4-15(5-9-17)20-13-23-10-11-28-20;/h2-9,12,20,23H,10-11,13H2,1H3,(H,24,27);1H. The van der Waals surface area contributed by atoms with Gasteiger partial charge in [0.05, 0.1) is 18.4 Å². The van der Waals surface area contributed by atoms with Crippen LogP contribution in [0.2, 0.25) is 0 Å². The molecule has 2 N–H and O–H groups in total. The average Bonchev–Trinajstić information content (AvgIpc) is 3.11. The zero-order valence-electron chi connectivity index (χ0n) is 15.9. The summed E-state index contributed by atoms with van der Waals surface area (Å²) in [6, 6.07) is 15.4. The molecule has 1 aliphatic heterocycles.